The Morgan fingerprint density at radius 2 is 1.71 bits per heavy atom. The summed E-state index contributed by atoms with van der Waals surface area (Å²) < 4.78 is 5.50. The number of benzene rings is 2. The van der Waals surface area contributed by atoms with Crippen molar-refractivity contribution in [3.05, 3.63) is 59.9 Å². The van der Waals surface area contributed by atoms with Crippen molar-refractivity contribution in [1.82, 2.24) is 9.97 Å². The fourth-order valence-electron chi connectivity index (χ4n) is 3.43. The summed E-state index contributed by atoms with van der Waals surface area (Å²) in [7, 11) is 0. The van der Waals surface area contributed by atoms with Gasteiger partial charge in [0.15, 0.2) is 0 Å². The molecule has 0 aliphatic heterocycles. The normalized spacial score (nSPS) is 12.5. The lowest BCUT2D eigenvalue weighted by atomic mass is 10.1. The van der Waals surface area contributed by atoms with E-state index in [1.54, 1.807) is 30.5 Å². The van der Waals surface area contributed by atoms with E-state index in [0.29, 0.717) is 18.7 Å². The van der Waals surface area contributed by atoms with Gasteiger partial charge in [-0.1, -0.05) is 0 Å². The van der Waals surface area contributed by atoms with Crippen molar-refractivity contribution in [3.63, 3.8) is 0 Å². The second-order valence-electron chi connectivity index (χ2n) is 6.84. The van der Waals surface area contributed by atoms with Crippen LogP contribution >= 0.6 is 0 Å². The van der Waals surface area contributed by atoms with E-state index >= 15 is 0 Å². The van der Waals surface area contributed by atoms with Gasteiger partial charge in [0.05, 0.1) is 0 Å². The molecule has 0 amide bonds. The van der Waals surface area contributed by atoms with Gasteiger partial charge in [0.25, 0.3) is 0 Å². The summed E-state index contributed by atoms with van der Waals surface area (Å²) in [5, 5.41) is 11.5. The molecule has 0 aliphatic carbocycles. The third-order valence-corrected chi connectivity index (χ3v) is 4.86. The Kier molecular flexibility index (Phi) is 4.77. The highest BCUT2D eigenvalue weighted by Gasteiger charge is 2.19. The Morgan fingerprint density at radius 1 is 1.04 bits per heavy atom. The molecule has 7 nitrogen and oxygen atoms in total. The van der Waals surface area contributed by atoms with Crippen molar-refractivity contribution >= 4 is 27.8 Å². The number of ether oxygens (including phenoxy) is 1. The minimum atomic E-state index is -0.827. The average molecular weight is 378 g/mol. The fourth-order valence-corrected chi connectivity index (χ4v) is 3.43. The molecule has 7 N–H and O–H groups in total. The number of aromatic amines is 2. The molecule has 28 heavy (non-hydrogen) atoms. The molecule has 144 valence electrons. The van der Waals surface area contributed by atoms with Crippen LogP contribution in [0.15, 0.2) is 48.8 Å². The lowest BCUT2D eigenvalue weighted by Gasteiger charge is -2.11. The van der Waals surface area contributed by atoms with Crippen molar-refractivity contribution in [2.24, 2.45) is 11.5 Å². The number of carbonyl (C=O) groups is 1. The Bertz CT molecular complexity index is 1150. The molecule has 0 saturated heterocycles. The summed E-state index contributed by atoms with van der Waals surface area (Å²) >= 11 is 0. The van der Waals surface area contributed by atoms with Crippen LogP contribution in [0.1, 0.15) is 11.1 Å². The van der Waals surface area contributed by atoms with Crippen LogP contribution in [0.4, 0.5) is 0 Å². The van der Waals surface area contributed by atoms with Gasteiger partial charge >= 0.3 is 5.97 Å². The number of aromatic nitrogens is 2. The van der Waals surface area contributed by atoms with Gasteiger partial charge < -0.3 is 31.3 Å². The topological polar surface area (TPSA) is 130 Å². The number of carbonyl (C=O) groups excluding carboxylic acids is 1. The van der Waals surface area contributed by atoms with Crippen molar-refractivity contribution in [1.29, 1.82) is 0 Å². The van der Waals surface area contributed by atoms with E-state index in [1.807, 2.05) is 18.3 Å². The van der Waals surface area contributed by atoms with Crippen LogP contribution in [0.2, 0.25) is 0 Å². The second kappa shape index (κ2) is 7.38. The Labute approximate surface area is 161 Å². The maximum atomic E-state index is 12.5. The van der Waals surface area contributed by atoms with Crippen LogP contribution in [0.25, 0.3) is 21.8 Å². The van der Waals surface area contributed by atoms with Crippen LogP contribution in [-0.2, 0) is 17.6 Å². The third kappa shape index (κ3) is 3.45. The van der Waals surface area contributed by atoms with Gasteiger partial charge in [-0.25, -0.2) is 4.79 Å². The van der Waals surface area contributed by atoms with E-state index in [0.717, 1.165) is 39.4 Å². The van der Waals surface area contributed by atoms with E-state index in [4.69, 9.17) is 16.2 Å². The first-order chi connectivity index (χ1) is 13.5. The molecule has 0 fully saturated rings. The molecule has 2 aromatic carbocycles. The zero-order chi connectivity index (χ0) is 19.7. The summed E-state index contributed by atoms with van der Waals surface area (Å²) in [5.41, 5.74) is 15.5. The molecule has 1 atom stereocenters. The quantitative estimate of drug-likeness (QED) is 0.260. The lowest BCUT2D eigenvalue weighted by molar-refractivity contribution is -0.135. The molecule has 2 aromatic heterocycles. The number of H-pyrrole nitrogens is 2. The molecule has 0 saturated carbocycles. The first-order valence-electron chi connectivity index (χ1n) is 9.11. The van der Waals surface area contributed by atoms with Crippen molar-refractivity contribution < 1.29 is 14.6 Å². The van der Waals surface area contributed by atoms with Gasteiger partial charge in [0.2, 0.25) is 0 Å². The van der Waals surface area contributed by atoms with Gasteiger partial charge in [-0.2, -0.15) is 0 Å². The molecule has 0 spiro atoms. The first-order valence-corrected chi connectivity index (χ1v) is 9.11. The predicted molar refractivity (Wildman–Crippen MR) is 108 cm³/mol. The lowest BCUT2D eigenvalue weighted by Crippen LogP contribution is -2.36. The van der Waals surface area contributed by atoms with Crippen LogP contribution in [-0.4, -0.2) is 33.6 Å². The summed E-state index contributed by atoms with van der Waals surface area (Å²) in [6.45, 7) is 0.544. The Hall–Kier alpha value is -3.29. The second-order valence-corrected chi connectivity index (χ2v) is 6.84. The summed E-state index contributed by atoms with van der Waals surface area (Å²) in [6.07, 6.45) is 4.75. The highest BCUT2D eigenvalue weighted by Crippen LogP contribution is 2.26. The molecule has 0 aliphatic rings. The zero-order valence-electron chi connectivity index (χ0n) is 15.2. The number of esters is 1. The van der Waals surface area contributed by atoms with E-state index in [-0.39, 0.29) is 5.75 Å². The van der Waals surface area contributed by atoms with Gasteiger partial charge in [-0.3, -0.25) is 0 Å². The number of nitrogens with two attached hydrogens (primary N) is 2. The number of fused-ring (bicyclic) bond motifs is 2. The molecular formula is C21H22N4O3. The van der Waals surface area contributed by atoms with Gasteiger partial charge in [0, 0.05) is 40.6 Å². The number of nitrogens with one attached hydrogen (secondary N) is 2. The van der Waals surface area contributed by atoms with Crippen LogP contribution < -0.4 is 16.2 Å². The number of rotatable bonds is 6. The fraction of sp³-hybridized carbons (Fsp3) is 0.190. The van der Waals surface area contributed by atoms with E-state index in [9.17, 15) is 9.90 Å². The summed E-state index contributed by atoms with van der Waals surface area (Å²) in [6, 6.07) is 9.64. The largest absolute Gasteiger partial charge is 0.508 e. The maximum absolute atomic E-state index is 12.5. The van der Waals surface area contributed by atoms with E-state index in [1.165, 1.54) is 0 Å². The Morgan fingerprint density at radius 3 is 2.46 bits per heavy atom. The third-order valence-electron chi connectivity index (χ3n) is 4.86. The summed E-state index contributed by atoms with van der Waals surface area (Å²) in [4.78, 5) is 18.8. The molecule has 0 radical (unpaired) electrons. The molecule has 0 unspecified atom stereocenters. The van der Waals surface area contributed by atoms with Crippen LogP contribution in [0, 0.1) is 0 Å². The Balaban J connectivity index is 1.50. The number of hydrogen-bond acceptors (Lipinski definition) is 5. The van der Waals surface area contributed by atoms with Crippen LogP contribution in [0.5, 0.6) is 11.5 Å². The zero-order valence-corrected chi connectivity index (χ0v) is 15.2. The number of hydrogen-bond donors (Lipinski definition) is 5. The van der Waals surface area contributed by atoms with Gasteiger partial charge in [0.1, 0.15) is 17.5 Å². The monoisotopic (exact) mass is 378 g/mol. The minimum Gasteiger partial charge on any atom is -0.508 e. The van der Waals surface area contributed by atoms with Crippen LogP contribution in [0.3, 0.4) is 0 Å². The van der Waals surface area contributed by atoms with E-state index in [2.05, 4.69) is 9.97 Å². The van der Waals surface area contributed by atoms with Crippen molar-refractivity contribution in [3.8, 4) is 11.5 Å². The van der Waals surface area contributed by atoms with Gasteiger partial charge in [-0.05, 0) is 60.5 Å². The highest BCUT2D eigenvalue weighted by atomic mass is 16.5. The number of phenols is 1. The van der Waals surface area contributed by atoms with Crippen molar-refractivity contribution in [2.45, 2.75) is 18.9 Å². The van der Waals surface area contributed by atoms with E-state index < -0.39 is 12.0 Å². The van der Waals surface area contributed by atoms with Crippen molar-refractivity contribution in [2.75, 3.05) is 6.54 Å². The molecule has 0 bridgehead atoms. The molecule has 2 heterocycles. The molecule has 4 rings (SSSR count). The SMILES string of the molecule is NCCc1c[nH]c2ccc(OC(=O)[C@@H](N)Cc3c[nH]c4ccc(O)cc34)cc12. The maximum Gasteiger partial charge on any atom is 0.328 e. The highest BCUT2D eigenvalue weighted by molar-refractivity contribution is 5.87. The summed E-state index contributed by atoms with van der Waals surface area (Å²) in [5.74, 6) is 0.102. The van der Waals surface area contributed by atoms with Gasteiger partial charge in [-0.15, -0.1) is 0 Å². The smallest absolute Gasteiger partial charge is 0.328 e. The molecule has 4 aromatic rings. The number of phenolic OH excluding ortho intramolecular Hbond substituents is 1. The first kappa shape index (κ1) is 18.1. The number of aromatic hydroxyl groups is 1. The molecular weight excluding hydrogens is 356 g/mol. The molecule has 7 heteroatoms. The predicted octanol–water partition coefficient (Wildman–Crippen LogP) is 2.33. The minimum absolute atomic E-state index is 0.164. The average Bonchev–Trinajstić information content (AvgIpc) is 3.26. The standard InChI is InChI=1S/C21H22N4O3/c22-6-5-12-10-24-20-4-2-15(9-17(12)20)28-21(27)18(23)7-13-11-25-19-3-1-14(26)8-16(13)19/h1-4,8-11,18,24-26H,5-7,22-23H2/t18-/m0/s1.